The predicted octanol–water partition coefficient (Wildman–Crippen LogP) is 3.26. The van der Waals surface area contributed by atoms with Gasteiger partial charge in [0.1, 0.15) is 0 Å². The van der Waals surface area contributed by atoms with Crippen molar-refractivity contribution in [1.82, 2.24) is 5.32 Å². The van der Waals surface area contributed by atoms with Crippen molar-refractivity contribution in [3.05, 3.63) is 29.8 Å². The molecule has 0 aliphatic heterocycles. The molecule has 0 radical (unpaired) electrons. The number of hydrogen-bond donors (Lipinski definition) is 3. The van der Waals surface area contributed by atoms with Crippen molar-refractivity contribution in [1.29, 1.82) is 0 Å². The van der Waals surface area contributed by atoms with Crippen LogP contribution in [0.5, 0.6) is 0 Å². The van der Waals surface area contributed by atoms with Crippen LogP contribution in [0.25, 0.3) is 0 Å². The van der Waals surface area contributed by atoms with Gasteiger partial charge in [-0.25, -0.2) is 4.79 Å². The molecule has 0 fully saturated rings. The number of carboxylic acid groups (broad SMARTS) is 1. The number of rotatable bonds is 7. The van der Waals surface area contributed by atoms with Gasteiger partial charge in [0.25, 0.3) is 0 Å². The van der Waals surface area contributed by atoms with E-state index >= 15 is 0 Å². The van der Waals surface area contributed by atoms with Crippen molar-refractivity contribution >= 4 is 17.7 Å². The van der Waals surface area contributed by atoms with Gasteiger partial charge >= 0.3 is 12.0 Å². The number of nitrogens with one attached hydrogen (secondary N) is 2. The van der Waals surface area contributed by atoms with Crippen molar-refractivity contribution in [3.63, 3.8) is 0 Å². The molecule has 0 heterocycles. The third-order valence-corrected chi connectivity index (χ3v) is 3.69. The molecule has 1 rings (SSSR count). The number of benzene rings is 1. The molecule has 0 saturated carbocycles. The summed E-state index contributed by atoms with van der Waals surface area (Å²) in [5.74, 6) is -0.908. The average molecular weight is 292 g/mol. The van der Waals surface area contributed by atoms with Gasteiger partial charge < -0.3 is 15.7 Å². The lowest BCUT2D eigenvalue weighted by molar-refractivity contribution is -0.147. The minimum atomic E-state index is -0.942. The van der Waals surface area contributed by atoms with Crippen LogP contribution in [-0.2, 0) is 11.2 Å². The topological polar surface area (TPSA) is 78.4 Å². The Kier molecular flexibility index (Phi) is 6.21. The van der Waals surface area contributed by atoms with Crippen molar-refractivity contribution in [2.45, 2.75) is 40.0 Å². The van der Waals surface area contributed by atoms with E-state index in [1.807, 2.05) is 24.3 Å². The molecule has 116 valence electrons. The highest BCUT2D eigenvalue weighted by atomic mass is 16.4. The van der Waals surface area contributed by atoms with Crippen molar-refractivity contribution in [3.8, 4) is 0 Å². The molecule has 0 aromatic heterocycles. The number of anilines is 1. The van der Waals surface area contributed by atoms with Gasteiger partial charge in [0, 0.05) is 12.2 Å². The maximum atomic E-state index is 11.8. The van der Waals surface area contributed by atoms with E-state index in [1.54, 1.807) is 13.8 Å². The van der Waals surface area contributed by atoms with Gasteiger partial charge in [-0.1, -0.05) is 32.4 Å². The molecule has 3 N–H and O–H groups in total. The Morgan fingerprint density at radius 2 is 1.81 bits per heavy atom. The molecular formula is C16H24N2O3. The summed E-state index contributed by atoms with van der Waals surface area (Å²) in [7, 11) is 0. The van der Waals surface area contributed by atoms with E-state index in [0.29, 0.717) is 12.1 Å². The zero-order valence-corrected chi connectivity index (χ0v) is 12.9. The summed E-state index contributed by atoms with van der Waals surface area (Å²) in [4.78, 5) is 22.9. The first-order valence-electron chi connectivity index (χ1n) is 7.28. The molecule has 1 atom stereocenters. The van der Waals surface area contributed by atoms with Gasteiger partial charge in [0.05, 0.1) is 5.41 Å². The van der Waals surface area contributed by atoms with Crippen LogP contribution in [0.1, 0.15) is 39.2 Å². The fraction of sp³-hybridized carbons (Fsp3) is 0.500. The third kappa shape index (κ3) is 5.10. The Bertz CT molecular complexity index is 485. The van der Waals surface area contributed by atoms with E-state index in [4.69, 9.17) is 5.11 Å². The number of carbonyl (C=O) groups excluding carboxylic acids is 1. The van der Waals surface area contributed by atoms with E-state index in [-0.39, 0.29) is 12.6 Å². The lowest BCUT2D eigenvalue weighted by Crippen LogP contribution is -2.42. The first kappa shape index (κ1) is 17.0. The van der Waals surface area contributed by atoms with E-state index in [1.165, 1.54) is 5.56 Å². The minimum absolute atomic E-state index is 0.0958. The standard InChI is InChI=1S/C16H24N2O3/c1-4-6-12-7-9-13(10-8-12)18-15(21)17-11-16(3,5-2)14(19)20/h7-10H,4-6,11H2,1-3H3,(H,19,20)(H2,17,18,21). The Hall–Kier alpha value is -2.04. The fourth-order valence-corrected chi connectivity index (χ4v) is 1.85. The highest BCUT2D eigenvalue weighted by Crippen LogP contribution is 2.20. The van der Waals surface area contributed by atoms with Gasteiger partial charge in [-0.15, -0.1) is 0 Å². The van der Waals surface area contributed by atoms with Gasteiger partial charge in [-0.05, 0) is 37.5 Å². The fourth-order valence-electron chi connectivity index (χ4n) is 1.85. The van der Waals surface area contributed by atoms with Crippen molar-refractivity contribution in [2.75, 3.05) is 11.9 Å². The van der Waals surface area contributed by atoms with Crippen LogP contribution < -0.4 is 10.6 Å². The van der Waals surface area contributed by atoms with Crippen LogP contribution in [-0.4, -0.2) is 23.7 Å². The number of aryl methyl sites for hydroxylation is 1. The Morgan fingerprint density at radius 1 is 1.19 bits per heavy atom. The molecule has 2 amide bonds. The molecule has 0 spiro atoms. The first-order valence-corrected chi connectivity index (χ1v) is 7.28. The highest BCUT2D eigenvalue weighted by Gasteiger charge is 2.31. The molecule has 1 aromatic rings. The molecule has 21 heavy (non-hydrogen) atoms. The zero-order chi connectivity index (χ0) is 15.9. The second-order valence-electron chi connectivity index (χ2n) is 5.47. The number of amides is 2. The summed E-state index contributed by atoms with van der Waals surface area (Å²) in [5.41, 5.74) is 0.983. The van der Waals surface area contributed by atoms with Gasteiger partial charge in [0.2, 0.25) is 0 Å². The SMILES string of the molecule is CCCc1ccc(NC(=O)NCC(C)(CC)C(=O)O)cc1. The summed E-state index contributed by atoms with van der Waals surface area (Å²) in [6.07, 6.45) is 2.55. The Balaban J connectivity index is 2.52. The summed E-state index contributed by atoms with van der Waals surface area (Å²) < 4.78 is 0. The van der Waals surface area contributed by atoms with E-state index in [9.17, 15) is 9.59 Å². The summed E-state index contributed by atoms with van der Waals surface area (Å²) in [5, 5.41) is 14.5. The largest absolute Gasteiger partial charge is 0.481 e. The lowest BCUT2D eigenvalue weighted by atomic mass is 9.88. The Morgan fingerprint density at radius 3 is 2.29 bits per heavy atom. The second-order valence-corrected chi connectivity index (χ2v) is 5.47. The zero-order valence-electron chi connectivity index (χ0n) is 12.9. The Labute approximate surface area is 125 Å². The maximum absolute atomic E-state index is 11.8. The summed E-state index contributed by atoms with van der Waals surface area (Å²) in [6, 6.07) is 7.26. The van der Waals surface area contributed by atoms with E-state index < -0.39 is 11.4 Å². The van der Waals surface area contributed by atoms with Crippen molar-refractivity contribution in [2.24, 2.45) is 5.41 Å². The second kappa shape index (κ2) is 7.67. The van der Waals surface area contributed by atoms with E-state index in [0.717, 1.165) is 12.8 Å². The van der Waals surface area contributed by atoms with E-state index in [2.05, 4.69) is 17.6 Å². The molecule has 5 heteroatoms. The molecule has 0 aliphatic rings. The van der Waals surface area contributed by atoms with Gasteiger partial charge in [0.15, 0.2) is 0 Å². The summed E-state index contributed by atoms with van der Waals surface area (Å²) in [6.45, 7) is 5.63. The number of urea groups is 1. The minimum Gasteiger partial charge on any atom is -0.481 e. The molecule has 0 saturated heterocycles. The average Bonchev–Trinajstić information content (AvgIpc) is 2.47. The highest BCUT2D eigenvalue weighted by molar-refractivity contribution is 5.89. The molecule has 1 aromatic carbocycles. The number of hydrogen-bond acceptors (Lipinski definition) is 2. The number of carboxylic acids is 1. The van der Waals surface area contributed by atoms with Crippen LogP contribution in [0.2, 0.25) is 0 Å². The quantitative estimate of drug-likeness (QED) is 0.721. The van der Waals surface area contributed by atoms with Crippen LogP contribution in [0.4, 0.5) is 10.5 Å². The van der Waals surface area contributed by atoms with Crippen LogP contribution in [0.3, 0.4) is 0 Å². The van der Waals surface area contributed by atoms with Crippen LogP contribution in [0.15, 0.2) is 24.3 Å². The smallest absolute Gasteiger partial charge is 0.319 e. The number of aliphatic carboxylic acids is 1. The first-order chi connectivity index (χ1) is 9.91. The van der Waals surface area contributed by atoms with Crippen LogP contribution in [0, 0.1) is 5.41 Å². The molecular weight excluding hydrogens is 268 g/mol. The van der Waals surface area contributed by atoms with Crippen molar-refractivity contribution < 1.29 is 14.7 Å². The maximum Gasteiger partial charge on any atom is 0.319 e. The van der Waals surface area contributed by atoms with Gasteiger partial charge in [-0.2, -0.15) is 0 Å². The van der Waals surface area contributed by atoms with Crippen LogP contribution >= 0.6 is 0 Å². The molecule has 0 aliphatic carbocycles. The number of carbonyl (C=O) groups is 2. The molecule has 0 bridgehead atoms. The van der Waals surface area contributed by atoms with Gasteiger partial charge in [-0.3, -0.25) is 4.79 Å². The molecule has 5 nitrogen and oxygen atoms in total. The monoisotopic (exact) mass is 292 g/mol. The lowest BCUT2D eigenvalue weighted by Gasteiger charge is -2.23. The summed E-state index contributed by atoms with van der Waals surface area (Å²) >= 11 is 0. The predicted molar refractivity (Wildman–Crippen MR) is 83.5 cm³/mol. The third-order valence-electron chi connectivity index (χ3n) is 3.69. The normalized spacial score (nSPS) is 13.3. The molecule has 1 unspecified atom stereocenters.